The number of hydrogen-bond donors (Lipinski definition) is 0. The van der Waals surface area contributed by atoms with Gasteiger partial charge in [-0.3, -0.25) is 4.79 Å². The van der Waals surface area contributed by atoms with Gasteiger partial charge in [-0.05, 0) is 43.9 Å². The highest BCUT2D eigenvalue weighted by Gasteiger charge is 2.35. The van der Waals surface area contributed by atoms with Crippen molar-refractivity contribution >= 4 is 5.91 Å². The quantitative estimate of drug-likeness (QED) is 0.836. The first-order chi connectivity index (χ1) is 11.3. The third kappa shape index (κ3) is 4.03. The second-order valence-corrected chi connectivity index (χ2v) is 6.01. The number of likely N-dealkylation sites (tertiary alicyclic amines) is 1. The number of ether oxygens (including phenoxy) is 3. The fraction of sp³-hybridized carbons (Fsp3) is 0.611. The van der Waals surface area contributed by atoms with Gasteiger partial charge in [0.2, 0.25) is 5.91 Å². The van der Waals surface area contributed by atoms with Crippen molar-refractivity contribution in [2.45, 2.75) is 44.9 Å². The van der Waals surface area contributed by atoms with Crippen molar-refractivity contribution in [3.05, 3.63) is 29.8 Å². The first kappa shape index (κ1) is 16.3. The van der Waals surface area contributed by atoms with Gasteiger partial charge in [0.05, 0.1) is 32.3 Å². The highest BCUT2D eigenvalue weighted by atomic mass is 16.7. The van der Waals surface area contributed by atoms with Crippen LogP contribution in [-0.4, -0.2) is 49.5 Å². The van der Waals surface area contributed by atoms with Gasteiger partial charge in [0.1, 0.15) is 5.75 Å². The molecule has 5 nitrogen and oxygen atoms in total. The molecule has 2 aliphatic rings. The van der Waals surface area contributed by atoms with E-state index in [2.05, 4.69) is 0 Å². The smallest absolute Gasteiger partial charge is 0.227 e. The van der Waals surface area contributed by atoms with Crippen molar-refractivity contribution in [1.82, 2.24) is 4.90 Å². The topological polar surface area (TPSA) is 48.0 Å². The zero-order valence-corrected chi connectivity index (χ0v) is 13.7. The van der Waals surface area contributed by atoms with Crippen LogP contribution in [0.5, 0.6) is 5.75 Å². The van der Waals surface area contributed by atoms with E-state index in [1.165, 1.54) is 0 Å². The summed E-state index contributed by atoms with van der Waals surface area (Å²) in [4.78, 5) is 14.7. The summed E-state index contributed by atoms with van der Waals surface area (Å²) in [5, 5.41) is 0. The molecule has 1 amide bonds. The van der Waals surface area contributed by atoms with Gasteiger partial charge in [-0.1, -0.05) is 12.1 Å². The molecule has 23 heavy (non-hydrogen) atoms. The van der Waals surface area contributed by atoms with Gasteiger partial charge < -0.3 is 19.1 Å². The number of piperidine rings is 1. The molecule has 2 fully saturated rings. The minimum Gasteiger partial charge on any atom is -0.494 e. The molecule has 1 aromatic rings. The number of benzene rings is 1. The van der Waals surface area contributed by atoms with E-state index in [9.17, 15) is 4.79 Å². The van der Waals surface area contributed by atoms with Crippen molar-refractivity contribution in [2.75, 3.05) is 26.4 Å². The number of carbonyl (C=O) groups is 1. The molecular weight excluding hydrogens is 294 g/mol. The highest BCUT2D eigenvalue weighted by molar-refractivity contribution is 5.79. The summed E-state index contributed by atoms with van der Waals surface area (Å²) >= 11 is 0. The van der Waals surface area contributed by atoms with Gasteiger partial charge in [-0.15, -0.1) is 0 Å². The molecule has 0 N–H and O–H groups in total. The van der Waals surface area contributed by atoms with Gasteiger partial charge in [-0.2, -0.15) is 0 Å². The number of nitrogens with zero attached hydrogens (tertiary/aromatic N) is 1. The van der Waals surface area contributed by atoms with Crippen LogP contribution in [0.2, 0.25) is 0 Å². The highest BCUT2D eigenvalue weighted by Crippen LogP contribution is 2.25. The zero-order valence-electron chi connectivity index (χ0n) is 13.7. The average Bonchev–Trinajstić information content (AvgIpc) is 3.11. The van der Waals surface area contributed by atoms with E-state index in [1.807, 2.05) is 36.1 Å². The van der Waals surface area contributed by atoms with Crippen LogP contribution in [0.3, 0.4) is 0 Å². The molecule has 1 unspecified atom stereocenters. The Morgan fingerprint density at radius 3 is 2.65 bits per heavy atom. The summed E-state index contributed by atoms with van der Waals surface area (Å²) < 4.78 is 16.7. The molecule has 0 aliphatic carbocycles. The lowest BCUT2D eigenvalue weighted by atomic mass is 10.00. The molecule has 0 aromatic heterocycles. The molecule has 1 atom stereocenters. The molecule has 2 heterocycles. The number of hydrogen-bond acceptors (Lipinski definition) is 4. The van der Waals surface area contributed by atoms with E-state index in [1.54, 1.807) is 0 Å². The van der Waals surface area contributed by atoms with Gasteiger partial charge >= 0.3 is 0 Å². The van der Waals surface area contributed by atoms with E-state index in [0.29, 0.717) is 26.2 Å². The van der Waals surface area contributed by atoms with E-state index in [-0.39, 0.29) is 18.2 Å². The molecule has 0 saturated carbocycles. The fourth-order valence-corrected chi connectivity index (χ4v) is 3.30. The minimum absolute atomic E-state index is 0.0569. The Hall–Kier alpha value is -1.59. The molecule has 5 heteroatoms. The summed E-state index contributed by atoms with van der Waals surface area (Å²) in [6.07, 6.45) is 3.30. The molecule has 0 spiro atoms. The van der Waals surface area contributed by atoms with Crippen molar-refractivity contribution in [1.29, 1.82) is 0 Å². The van der Waals surface area contributed by atoms with Gasteiger partial charge in [-0.25, -0.2) is 0 Å². The average molecular weight is 319 g/mol. The van der Waals surface area contributed by atoms with Crippen LogP contribution < -0.4 is 4.74 Å². The lowest BCUT2D eigenvalue weighted by molar-refractivity contribution is -0.149. The number of rotatable bonds is 5. The Labute approximate surface area is 137 Å². The van der Waals surface area contributed by atoms with E-state index < -0.39 is 0 Å². The summed E-state index contributed by atoms with van der Waals surface area (Å²) in [7, 11) is 0. The molecule has 3 rings (SSSR count). The molecule has 1 aromatic carbocycles. The summed E-state index contributed by atoms with van der Waals surface area (Å²) in [6.45, 7) is 4.66. The Bertz CT molecular complexity index is 510. The summed E-state index contributed by atoms with van der Waals surface area (Å²) in [5.41, 5.74) is 1.01. The van der Waals surface area contributed by atoms with E-state index in [4.69, 9.17) is 14.2 Å². The van der Waals surface area contributed by atoms with Gasteiger partial charge in [0, 0.05) is 6.54 Å². The van der Waals surface area contributed by atoms with Crippen molar-refractivity contribution in [2.24, 2.45) is 0 Å². The monoisotopic (exact) mass is 319 g/mol. The van der Waals surface area contributed by atoms with Gasteiger partial charge in [0.15, 0.2) is 6.29 Å². The maximum atomic E-state index is 12.7. The third-order valence-corrected chi connectivity index (χ3v) is 4.42. The van der Waals surface area contributed by atoms with Crippen LogP contribution >= 0.6 is 0 Å². The van der Waals surface area contributed by atoms with Gasteiger partial charge in [0.25, 0.3) is 0 Å². The first-order valence-corrected chi connectivity index (χ1v) is 8.52. The largest absolute Gasteiger partial charge is 0.494 e. The standard InChI is InChI=1S/C18H25NO4/c1-2-21-15-8-6-14(7-9-15)13-17(20)19-10-4-3-5-16(19)18-22-11-12-23-18/h6-9,16,18H,2-5,10-13H2,1H3. The molecule has 0 bridgehead atoms. The molecular formula is C18H25NO4. The van der Waals surface area contributed by atoms with Crippen LogP contribution in [0, 0.1) is 0 Å². The second-order valence-electron chi connectivity index (χ2n) is 6.01. The zero-order chi connectivity index (χ0) is 16.1. The van der Waals surface area contributed by atoms with Crippen molar-refractivity contribution in [3.63, 3.8) is 0 Å². The van der Waals surface area contributed by atoms with Crippen LogP contribution in [0.1, 0.15) is 31.7 Å². The van der Waals surface area contributed by atoms with Crippen molar-refractivity contribution < 1.29 is 19.0 Å². The van der Waals surface area contributed by atoms with E-state index in [0.717, 1.165) is 37.1 Å². The predicted octanol–water partition coefficient (Wildman–Crippen LogP) is 2.38. The Morgan fingerprint density at radius 2 is 1.96 bits per heavy atom. The molecule has 126 valence electrons. The van der Waals surface area contributed by atoms with Crippen LogP contribution in [0.4, 0.5) is 0 Å². The van der Waals surface area contributed by atoms with E-state index >= 15 is 0 Å². The predicted molar refractivity (Wildman–Crippen MR) is 86.4 cm³/mol. The van der Waals surface area contributed by atoms with Crippen LogP contribution in [0.15, 0.2) is 24.3 Å². The number of amides is 1. The maximum absolute atomic E-state index is 12.7. The maximum Gasteiger partial charge on any atom is 0.227 e. The third-order valence-electron chi connectivity index (χ3n) is 4.42. The van der Waals surface area contributed by atoms with Crippen LogP contribution in [0.25, 0.3) is 0 Å². The Morgan fingerprint density at radius 1 is 1.22 bits per heavy atom. The number of carbonyl (C=O) groups excluding carboxylic acids is 1. The normalized spacial score (nSPS) is 22.3. The first-order valence-electron chi connectivity index (χ1n) is 8.52. The SMILES string of the molecule is CCOc1ccc(CC(=O)N2CCCCC2C2OCCO2)cc1. The summed E-state index contributed by atoms with van der Waals surface area (Å²) in [5.74, 6) is 0.991. The van der Waals surface area contributed by atoms with Crippen LogP contribution in [-0.2, 0) is 20.7 Å². The van der Waals surface area contributed by atoms with Crippen molar-refractivity contribution in [3.8, 4) is 5.75 Å². The summed E-state index contributed by atoms with van der Waals surface area (Å²) in [6, 6.07) is 7.82. The Kier molecular flexibility index (Phi) is 5.51. The Balaban J connectivity index is 1.63. The minimum atomic E-state index is -0.250. The molecule has 2 saturated heterocycles. The second kappa shape index (κ2) is 7.79. The molecule has 2 aliphatic heterocycles. The fourth-order valence-electron chi connectivity index (χ4n) is 3.30. The molecule has 0 radical (unpaired) electrons. The lowest BCUT2D eigenvalue weighted by Crippen LogP contribution is -2.50. The lowest BCUT2D eigenvalue weighted by Gasteiger charge is -2.38.